The number of hydrogen-bond donors (Lipinski definition) is 3. The Hall–Kier alpha value is -4.87. The van der Waals surface area contributed by atoms with Crippen LogP contribution in [0.1, 0.15) is 37.0 Å². The summed E-state index contributed by atoms with van der Waals surface area (Å²) in [6, 6.07) is 25.4. The molecule has 0 bridgehead atoms. The largest absolute Gasteiger partial charge is 0.418 e. The second kappa shape index (κ2) is 14.1. The Kier molecular flexibility index (Phi) is 10.2. The average molecular weight is 617 g/mol. The number of nitrogens with zero attached hydrogens (tertiary/aromatic N) is 1. The first kappa shape index (κ1) is 32.1. The molecule has 0 heterocycles. The molecule has 4 N–H and O–H groups in total. The summed E-state index contributed by atoms with van der Waals surface area (Å²) in [6.07, 6.45) is -0.0303. The highest BCUT2D eigenvalue weighted by atomic mass is 32.2. The van der Waals surface area contributed by atoms with E-state index in [1.165, 1.54) is 18.2 Å². The van der Waals surface area contributed by atoms with Crippen molar-refractivity contribution in [2.75, 3.05) is 0 Å². The SMILES string of the molecule is CCC(C)N(Cc1cccc(C(=N)NC(=O)Oc2ccc(F)cc2)c1)C(=O)Cc1ccc(-c2ccccc2S(N)(=O)=O)cc1. The third-order valence-corrected chi connectivity index (χ3v) is 8.05. The zero-order valence-corrected chi connectivity index (χ0v) is 25.1. The lowest BCUT2D eigenvalue weighted by Crippen LogP contribution is -2.39. The van der Waals surface area contributed by atoms with Gasteiger partial charge in [0.05, 0.1) is 11.3 Å². The van der Waals surface area contributed by atoms with Gasteiger partial charge in [0, 0.05) is 23.7 Å². The monoisotopic (exact) mass is 616 g/mol. The predicted molar refractivity (Wildman–Crippen MR) is 166 cm³/mol. The van der Waals surface area contributed by atoms with E-state index in [0.29, 0.717) is 16.7 Å². The first-order chi connectivity index (χ1) is 20.9. The third-order valence-electron chi connectivity index (χ3n) is 7.08. The second-order valence-electron chi connectivity index (χ2n) is 10.2. The van der Waals surface area contributed by atoms with Crippen LogP contribution in [0.2, 0.25) is 0 Å². The number of nitrogens with two attached hydrogens (primary N) is 1. The van der Waals surface area contributed by atoms with Gasteiger partial charge in [-0.2, -0.15) is 0 Å². The number of benzene rings is 4. The number of sulfonamides is 1. The van der Waals surface area contributed by atoms with E-state index in [9.17, 15) is 22.4 Å². The van der Waals surface area contributed by atoms with Crippen molar-refractivity contribution in [1.82, 2.24) is 10.2 Å². The van der Waals surface area contributed by atoms with Gasteiger partial charge in [-0.15, -0.1) is 0 Å². The molecule has 228 valence electrons. The fourth-order valence-electron chi connectivity index (χ4n) is 4.57. The van der Waals surface area contributed by atoms with Gasteiger partial charge in [0.15, 0.2) is 0 Å². The normalized spacial score (nSPS) is 11.8. The molecule has 0 aliphatic carbocycles. The second-order valence-corrected chi connectivity index (χ2v) is 11.8. The van der Waals surface area contributed by atoms with Crippen molar-refractivity contribution in [3.05, 3.63) is 120 Å². The summed E-state index contributed by atoms with van der Waals surface area (Å²) in [5.74, 6) is -0.617. The van der Waals surface area contributed by atoms with Gasteiger partial charge in [-0.25, -0.2) is 22.7 Å². The van der Waals surface area contributed by atoms with E-state index < -0.39 is 21.9 Å². The Bertz CT molecular complexity index is 1760. The lowest BCUT2D eigenvalue weighted by atomic mass is 10.0. The van der Waals surface area contributed by atoms with Crippen LogP contribution < -0.4 is 15.2 Å². The van der Waals surface area contributed by atoms with Crippen molar-refractivity contribution in [3.63, 3.8) is 0 Å². The summed E-state index contributed by atoms with van der Waals surface area (Å²) in [6.45, 7) is 4.24. The van der Waals surface area contributed by atoms with Crippen molar-refractivity contribution in [2.45, 2.75) is 44.2 Å². The first-order valence-electron chi connectivity index (χ1n) is 13.9. The number of rotatable bonds is 10. The molecule has 11 heteroatoms. The molecule has 0 aromatic heterocycles. The van der Waals surface area contributed by atoms with Gasteiger partial charge in [0.2, 0.25) is 15.9 Å². The molecule has 0 aliphatic rings. The Labute approximate surface area is 256 Å². The molecule has 1 unspecified atom stereocenters. The number of carbonyl (C=O) groups excluding carboxylic acids is 2. The van der Waals surface area contributed by atoms with Gasteiger partial charge >= 0.3 is 6.09 Å². The summed E-state index contributed by atoms with van der Waals surface area (Å²) in [5.41, 5.74) is 3.10. The molecule has 9 nitrogen and oxygen atoms in total. The van der Waals surface area contributed by atoms with Crippen LogP contribution in [0.4, 0.5) is 9.18 Å². The minimum Gasteiger partial charge on any atom is -0.410 e. The fourth-order valence-corrected chi connectivity index (χ4v) is 5.33. The van der Waals surface area contributed by atoms with Crippen molar-refractivity contribution in [3.8, 4) is 16.9 Å². The molecule has 0 saturated heterocycles. The van der Waals surface area contributed by atoms with Crippen molar-refractivity contribution in [2.24, 2.45) is 5.14 Å². The molecular weight excluding hydrogens is 583 g/mol. The smallest absolute Gasteiger partial charge is 0.410 e. The molecule has 44 heavy (non-hydrogen) atoms. The maximum atomic E-state index is 13.5. The van der Waals surface area contributed by atoms with Crippen LogP contribution >= 0.6 is 0 Å². The van der Waals surface area contributed by atoms with E-state index in [1.807, 2.05) is 19.9 Å². The van der Waals surface area contributed by atoms with Crippen LogP contribution in [-0.4, -0.2) is 37.2 Å². The van der Waals surface area contributed by atoms with Crippen LogP contribution in [0.25, 0.3) is 11.1 Å². The zero-order valence-electron chi connectivity index (χ0n) is 24.3. The predicted octanol–water partition coefficient (Wildman–Crippen LogP) is 5.62. The lowest BCUT2D eigenvalue weighted by Gasteiger charge is -2.29. The van der Waals surface area contributed by atoms with Gasteiger partial charge in [-0.05, 0) is 66.4 Å². The van der Waals surface area contributed by atoms with Crippen LogP contribution in [0.3, 0.4) is 0 Å². The maximum absolute atomic E-state index is 13.5. The molecule has 2 amide bonds. The minimum atomic E-state index is -3.91. The molecule has 0 fully saturated rings. The molecule has 0 spiro atoms. The number of halogens is 1. The fraction of sp³-hybridized carbons (Fsp3) is 0.182. The number of primary sulfonamides is 1. The Morgan fingerprint density at radius 3 is 2.30 bits per heavy atom. The Balaban J connectivity index is 1.44. The number of amidine groups is 1. The highest BCUT2D eigenvalue weighted by Gasteiger charge is 2.21. The number of nitrogens with one attached hydrogen (secondary N) is 2. The lowest BCUT2D eigenvalue weighted by molar-refractivity contribution is -0.133. The molecular formula is C33H33FN4O5S. The minimum absolute atomic E-state index is 0.0297. The van der Waals surface area contributed by atoms with Gasteiger partial charge in [0.25, 0.3) is 0 Å². The molecule has 0 aliphatic heterocycles. The van der Waals surface area contributed by atoms with Crippen LogP contribution in [-0.2, 0) is 27.8 Å². The van der Waals surface area contributed by atoms with E-state index in [2.05, 4.69) is 5.32 Å². The number of ether oxygens (including phenoxy) is 1. The molecule has 4 aromatic rings. The zero-order chi connectivity index (χ0) is 31.9. The maximum Gasteiger partial charge on any atom is 0.418 e. The molecule has 0 saturated carbocycles. The van der Waals surface area contributed by atoms with E-state index in [0.717, 1.165) is 29.7 Å². The van der Waals surface area contributed by atoms with E-state index in [-0.39, 0.29) is 41.4 Å². The Morgan fingerprint density at radius 2 is 1.64 bits per heavy atom. The first-order valence-corrected chi connectivity index (χ1v) is 15.4. The van der Waals surface area contributed by atoms with E-state index in [4.69, 9.17) is 15.3 Å². The molecule has 4 rings (SSSR count). The number of amides is 2. The van der Waals surface area contributed by atoms with E-state index in [1.54, 1.807) is 65.6 Å². The summed E-state index contributed by atoms with van der Waals surface area (Å²) < 4.78 is 42.2. The quantitative estimate of drug-likeness (QED) is 0.157. The van der Waals surface area contributed by atoms with Gasteiger partial charge < -0.3 is 9.64 Å². The Morgan fingerprint density at radius 1 is 0.955 bits per heavy atom. The molecule has 4 aromatic carbocycles. The van der Waals surface area contributed by atoms with Crippen molar-refractivity contribution in [1.29, 1.82) is 5.41 Å². The summed E-state index contributed by atoms with van der Waals surface area (Å²) in [4.78, 5) is 27.5. The standard InChI is InChI=1S/C33H33FN4O5S/c1-3-22(2)38(31(39)20-23-11-13-25(14-12-23)29-9-4-5-10-30(29)44(36,41)42)21-24-7-6-8-26(19-24)32(35)37-33(40)43-28-17-15-27(34)16-18-28/h4-19,22H,3,20-21H2,1-2H3,(H2,35,37,40)(H2,36,41,42). The summed E-state index contributed by atoms with van der Waals surface area (Å²) >= 11 is 0. The topological polar surface area (TPSA) is 143 Å². The highest BCUT2D eigenvalue weighted by molar-refractivity contribution is 7.89. The van der Waals surface area contributed by atoms with Gasteiger partial charge in [-0.1, -0.05) is 67.6 Å². The van der Waals surface area contributed by atoms with Gasteiger partial charge in [-0.3, -0.25) is 15.5 Å². The molecule has 0 radical (unpaired) electrons. The number of hydrogen-bond acceptors (Lipinski definition) is 6. The van der Waals surface area contributed by atoms with Crippen molar-refractivity contribution < 1.29 is 27.1 Å². The van der Waals surface area contributed by atoms with Crippen LogP contribution in [0, 0.1) is 11.2 Å². The summed E-state index contributed by atoms with van der Waals surface area (Å²) in [7, 11) is -3.91. The van der Waals surface area contributed by atoms with Gasteiger partial charge in [0.1, 0.15) is 17.4 Å². The van der Waals surface area contributed by atoms with E-state index >= 15 is 0 Å². The molecule has 1 atom stereocenters. The van der Waals surface area contributed by atoms with Crippen LogP contribution in [0.5, 0.6) is 5.75 Å². The number of carbonyl (C=O) groups is 2. The highest BCUT2D eigenvalue weighted by Crippen LogP contribution is 2.27. The van der Waals surface area contributed by atoms with Crippen molar-refractivity contribution >= 4 is 27.9 Å². The summed E-state index contributed by atoms with van der Waals surface area (Å²) in [5, 5.41) is 16.1. The van der Waals surface area contributed by atoms with Crippen LogP contribution in [0.15, 0.2) is 102 Å². The average Bonchev–Trinajstić information content (AvgIpc) is 3.00. The third kappa shape index (κ3) is 8.36.